The van der Waals surface area contributed by atoms with Crippen LogP contribution in [0.5, 0.6) is 0 Å². The van der Waals surface area contributed by atoms with Crippen molar-refractivity contribution in [2.24, 2.45) is 0 Å². The summed E-state index contributed by atoms with van der Waals surface area (Å²) in [6.07, 6.45) is 3.47. The van der Waals surface area contributed by atoms with E-state index >= 15 is 0 Å². The van der Waals surface area contributed by atoms with Gasteiger partial charge >= 0.3 is 0 Å². The minimum Gasteiger partial charge on any atom is -0.396 e. The molecule has 1 rings (SSSR count). The third kappa shape index (κ3) is 2.90. The van der Waals surface area contributed by atoms with Gasteiger partial charge in [-0.05, 0) is 30.0 Å². The van der Waals surface area contributed by atoms with Gasteiger partial charge < -0.3 is 5.11 Å². The minimum atomic E-state index is 0.203. The quantitative estimate of drug-likeness (QED) is 0.693. The van der Waals surface area contributed by atoms with Crippen LogP contribution in [0, 0.1) is 0 Å². The fourth-order valence-electron chi connectivity index (χ4n) is 1.30. The zero-order valence-electron chi connectivity index (χ0n) is 7.66. The molecule has 0 saturated carbocycles. The first-order valence-electron chi connectivity index (χ1n) is 4.40. The van der Waals surface area contributed by atoms with E-state index in [1.54, 1.807) is 0 Å². The predicted octanol–water partition coefficient (Wildman–Crippen LogP) is 2.10. The van der Waals surface area contributed by atoms with E-state index in [4.69, 9.17) is 5.11 Å². The van der Waals surface area contributed by atoms with Gasteiger partial charge in [0.25, 0.3) is 0 Å². The Morgan fingerprint density at radius 1 is 1.31 bits per heavy atom. The van der Waals surface area contributed by atoms with Crippen molar-refractivity contribution < 1.29 is 5.11 Å². The molecule has 0 aliphatic rings. The van der Waals surface area contributed by atoms with Crippen LogP contribution in [-0.4, -0.2) is 11.7 Å². The molecule has 0 saturated heterocycles. The van der Waals surface area contributed by atoms with Crippen LogP contribution >= 0.6 is 0 Å². The normalized spacial score (nSPS) is 9.31. The highest BCUT2D eigenvalue weighted by atomic mass is 16.2. The molecule has 0 amide bonds. The average Bonchev–Trinajstić information content (AvgIpc) is 2.17. The number of aliphatic hydroxyl groups excluding tert-OH is 1. The van der Waals surface area contributed by atoms with Crippen LogP contribution in [0.25, 0.3) is 0 Å². The van der Waals surface area contributed by atoms with Gasteiger partial charge in [0.05, 0.1) is 0 Å². The summed E-state index contributed by atoms with van der Waals surface area (Å²) in [4.78, 5) is 0. The minimum absolute atomic E-state index is 0.203. The summed E-state index contributed by atoms with van der Waals surface area (Å²) in [7, 11) is 0. The van der Waals surface area contributed by atoms with Crippen molar-refractivity contribution in [2.45, 2.75) is 12.8 Å². The Hall–Kier alpha value is -1.30. The van der Waals surface area contributed by atoms with Crippen molar-refractivity contribution in [1.29, 1.82) is 0 Å². The number of aliphatic hydroxyl groups is 1. The van der Waals surface area contributed by atoms with Gasteiger partial charge in [0, 0.05) is 6.61 Å². The second-order valence-corrected chi connectivity index (χ2v) is 2.85. The maximum Gasteiger partial charge on any atom is 0.0471 e. The number of rotatable bonds is 4. The van der Waals surface area contributed by atoms with Crippen molar-refractivity contribution in [3.8, 4) is 0 Å². The molecule has 0 spiro atoms. The topological polar surface area (TPSA) is 20.2 Å². The summed E-state index contributed by atoms with van der Waals surface area (Å²) in [5, 5.41) is 8.83. The molecule has 1 nitrogen and oxygen atoms in total. The molecule has 0 bridgehead atoms. The van der Waals surface area contributed by atoms with Crippen LogP contribution in [0.4, 0.5) is 0 Å². The molecule has 1 aromatic carbocycles. The summed E-state index contributed by atoms with van der Waals surface area (Å²) in [5.74, 6) is 0. The first kappa shape index (κ1) is 9.79. The maximum atomic E-state index is 8.83. The number of benzene rings is 1. The summed E-state index contributed by atoms with van der Waals surface area (Å²) < 4.78 is 0. The Morgan fingerprint density at radius 2 is 2.00 bits per heavy atom. The van der Waals surface area contributed by atoms with Crippen LogP contribution in [0.2, 0.25) is 0 Å². The van der Waals surface area contributed by atoms with E-state index in [0.717, 1.165) is 12.8 Å². The molecule has 0 heterocycles. The molecule has 0 aliphatic heterocycles. The SMILES string of the molecule is C=C=CCc1ccccc1CCO. The molecule has 13 heavy (non-hydrogen) atoms. The highest BCUT2D eigenvalue weighted by molar-refractivity contribution is 5.28. The lowest BCUT2D eigenvalue weighted by molar-refractivity contribution is 0.299. The van der Waals surface area contributed by atoms with E-state index in [9.17, 15) is 0 Å². The van der Waals surface area contributed by atoms with Gasteiger partial charge in [-0.25, -0.2) is 0 Å². The van der Waals surface area contributed by atoms with Gasteiger partial charge in [-0.1, -0.05) is 30.8 Å². The van der Waals surface area contributed by atoms with Crippen molar-refractivity contribution in [3.05, 3.63) is 53.8 Å². The first-order chi connectivity index (χ1) is 6.38. The van der Waals surface area contributed by atoms with Crippen molar-refractivity contribution in [2.75, 3.05) is 6.61 Å². The zero-order chi connectivity index (χ0) is 9.52. The third-order valence-corrected chi connectivity index (χ3v) is 1.97. The second kappa shape index (κ2) is 5.36. The standard InChI is InChI=1S/C12H14O/c1-2-3-6-11-7-4-5-8-12(11)9-10-13/h3-5,7-8,13H,1,6,9-10H2. The van der Waals surface area contributed by atoms with Crippen LogP contribution in [0.3, 0.4) is 0 Å². The van der Waals surface area contributed by atoms with E-state index in [-0.39, 0.29) is 6.61 Å². The molecule has 0 atom stereocenters. The second-order valence-electron chi connectivity index (χ2n) is 2.85. The first-order valence-corrected chi connectivity index (χ1v) is 4.40. The molecule has 1 N–H and O–H groups in total. The highest BCUT2D eigenvalue weighted by Gasteiger charge is 1.98. The van der Waals surface area contributed by atoms with Crippen LogP contribution in [0.1, 0.15) is 11.1 Å². The van der Waals surface area contributed by atoms with Gasteiger partial charge in [-0.2, -0.15) is 0 Å². The summed E-state index contributed by atoms with van der Waals surface area (Å²) >= 11 is 0. The summed E-state index contributed by atoms with van der Waals surface area (Å²) in [5.41, 5.74) is 5.20. The van der Waals surface area contributed by atoms with E-state index in [0.29, 0.717) is 0 Å². The molecule has 0 aromatic heterocycles. The summed E-state index contributed by atoms with van der Waals surface area (Å²) in [6.45, 7) is 3.72. The summed E-state index contributed by atoms with van der Waals surface area (Å²) in [6, 6.07) is 8.11. The van der Waals surface area contributed by atoms with Crippen LogP contribution in [0.15, 0.2) is 42.7 Å². The fourth-order valence-corrected chi connectivity index (χ4v) is 1.30. The lowest BCUT2D eigenvalue weighted by Gasteiger charge is -2.04. The molecule has 1 heteroatoms. The van der Waals surface area contributed by atoms with Gasteiger partial charge in [0.1, 0.15) is 0 Å². The lowest BCUT2D eigenvalue weighted by Crippen LogP contribution is -1.95. The highest BCUT2D eigenvalue weighted by Crippen LogP contribution is 2.10. The molecule has 0 unspecified atom stereocenters. The third-order valence-electron chi connectivity index (χ3n) is 1.97. The number of hydrogen-bond acceptors (Lipinski definition) is 1. The van der Waals surface area contributed by atoms with E-state index in [1.165, 1.54) is 11.1 Å². The van der Waals surface area contributed by atoms with Crippen molar-refractivity contribution in [1.82, 2.24) is 0 Å². The van der Waals surface area contributed by atoms with Gasteiger partial charge in [-0.3, -0.25) is 0 Å². The molecule has 0 aliphatic carbocycles. The zero-order valence-corrected chi connectivity index (χ0v) is 7.66. The number of allylic oxidation sites excluding steroid dienone is 1. The van der Waals surface area contributed by atoms with Gasteiger partial charge in [-0.15, -0.1) is 5.73 Å². The van der Waals surface area contributed by atoms with Gasteiger partial charge in [0.15, 0.2) is 0 Å². The van der Waals surface area contributed by atoms with E-state index in [1.807, 2.05) is 24.3 Å². The molecular formula is C12H14O. The van der Waals surface area contributed by atoms with Crippen LogP contribution in [-0.2, 0) is 12.8 Å². The number of hydrogen-bond donors (Lipinski definition) is 1. The molecule has 1 aromatic rings. The smallest absolute Gasteiger partial charge is 0.0471 e. The Kier molecular flexibility index (Phi) is 4.04. The average molecular weight is 174 g/mol. The molecule has 0 fully saturated rings. The fraction of sp³-hybridized carbons (Fsp3) is 0.250. The Morgan fingerprint density at radius 3 is 2.62 bits per heavy atom. The van der Waals surface area contributed by atoms with E-state index in [2.05, 4.69) is 18.4 Å². The Labute approximate surface area is 79.0 Å². The van der Waals surface area contributed by atoms with E-state index < -0.39 is 0 Å². The van der Waals surface area contributed by atoms with Crippen molar-refractivity contribution in [3.63, 3.8) is 0 Å². The predicted molar refractivity (Wildman–Crippen MR) is 54.6 cm³/mol. The van der Waals surface area contributed by atoms with Crippen LogP contribution < -0.4 is 0 Å². The lowest BCUT2D eigenvalue weighted by atomic mass is 10.0. The van der Waals surface area contributed by atoms with Crippen molar-refractivity contribution >= 4 is 0 Å². The maximum absolute atomic E-state index is 8.83. The molecular weight excluding hydrogens is 160 g/mol. The molecule has 68 valence electrons. The Balaban J connectivity index is 2.83. The molecule has 0 radical (unpaired) electrons. The largest absolute Gasteiger partial charge is 0.396 e. The monoisotopic (exact) mass is 174 g/mol. The van der Waals surface area contributed by atoms with Gasteiger partial charge in [0.2, 0.25) is 0 Å². The Bertz CT molecular complexity index is 309.